The molecule has 0 radical (unpaired) electrons. The van der Waals surface area contributed by atoms with E-state index in [9.17, 15) is 0 Å². The van der Waals surface area contributed by atoms with Crippen LogP contribution in [0.25, 0.3) is 0 Å². The fourth-order valence-corrected chi connectivity index (χ4v) is 2.36. The van der Waals surface area contributed by atoms with Gasteiger partial charge >= 0.3 is 0 Å². The SMILES string of the molecule is COc1ccc(Br)c(CC(N)c2cccc(C)n2)c1. The van der Waals surface area contributed by atoms with Crippen molar-refractivity contribution in [3.63, 3.8) is 0 Å². The van der Waals surface area contributed by atoms with Gasteiger partial charge < -0.3 is 10.5 Å². The van der Waals surface area contributed by atoms with Crippen molar-refractivity contribution in [2.24, 2.45) is 5.73 Å². The molecule has 2 aromatic rings. The van der Waals surface area contributed by atoms with Gasteiger partial charge in [0.1, 0.15) is 5.75 Å². The summed E-state index contributed by atoms with van der Waals surface area (Å²) in [6, 6.07) is 11.7. The van der Waals surface area contributed by atoms with Gasteiger partial charge in [-0.15, -0.1) is 0 Å². The average molecular weight is 321 g/mol. The summed E-state index contributed by atoms with van der Waals surface area (Å²) in [5.74, 6) is 0.836. The van der Waals surface area contributed by atoms with Crippen molar-refractivity contribution in [1.82, 2.24) is 4.98 Å². The van der Waals surface area contributed by atoms with Gasteiger partial charge in [0.05, 0.1) is 18.8 Å². The summed E-state index contributed by atoms with van der Waals surface area (Å²) in [5, 5.41) is 0. The smallest absolute Gasteiger partial charge is 0.119 e. The maximum Gasteiger partial charge on any atom is 0.119 e. The lowest BCUT2D eigenvalue weighted by molar-refractivity contribution is 0.414. The standard InChI is InChI=1S/C15H17BrN2O/c1-10-4-3-5-15(18-10)14(17)9-11-8-12(19-2)6-7-13(11)16/h3-8,14H,9,17H2,1-2H3. The molecule has 0 spiro atoms. The lowest BCUT2D eigenvalue weighted by atomic mass is 10.0. The second kappa shape index (κ2) is 6.17. The number of benzene rings is 1. The summed E-state index contributed by atoms with van der Waals surface area (Å²) >= 11 is 3.54. The van der Waals surface area contributed by atoms with Gasteiger partial charge in [0, 0.05) is 10.2 Å². The Labute approximate surface area is 121 Å². The van der Waals surface area contributed by atoms with E-state index < -0.39 is 0 Å². The van der Waals surface area contributed by atoms with Crippen molar-refractivity contribution < 1.29 is 4.74 Å². The van der Waals surface area contributed by atoms with E-state index in [0.717, 1.165) is 27.2 Å². The van der Waals surface area contributed by atoms with Crippen LogP contribution in [0.1, 0.15) is 23.0 Å². The molecule has 3 nitrogen and oxygen atoms in total. The molecule has 1 aromatic heterocycles. The number of hydrogen-bond acceptors (Lipinski definition) is 3. The van der Waals surface area contributed by atoms with Crippen LogP contribution in [0.3, 0.4) is 0 Å². The summed E-state index contributed by atoms with van der Waals surface area (Å²) in [7, 11) is 1.66. The minimum absolute atomic E-state index is 0.122. The molecule has 1 aromatic carbocycles. The van der Waals surface area contributed by atoms with Crippen LogP contribution >= 0.6 is 15.9 Å². The van der Waals surface area contributed by atoms with Crippen molar-refractivity contribution >= 4 is 15.9 Å². The second-order valence-corrected chi connectivity index (χ2v) is 5.33. The first-order valence-electron chi connectivity index (χ1n) is 6.11. The third kappa shape index (κ3) is 3.55. The molecule has 0 saturated heterocycles. The van der Waals surface area contributed by atoms with Gasteiger partial charge in [-0.3, -0.25) is 4.98 Å². The number of halogens is 1. The molecule has 0 aliphatic heterocycles. The van der Waals surface area contributed by atoms with Crippen LogP contribution in [0.4, 0.5) is 0 Å². The minimum Gasteiger partial charge on any atom is -0.497 e. The lowest BCUT2D eigenvalue weighted by Crippen LogP contribution is -2.15. The van der Waals surface area contributed by atoms with Crippen molar-refractivity contribution in [3.8, 4) is 5.75 Å². The predicted octanol–water partition coefficient (Wildman–Crippen LogP) is 3.40. The Morgan fingerprint density at radius 1 is 1.32 bits per heavy atom. The monoisotopic (exact) mass is 320 g/mol. The van der Waals surface area contributed by atoms with E-state index >= 15 is 0 Å². The molecule has 19 heavy (non-hydrogen) atoms. The van der Waals surface area contributed by atoms with E-state index in [2.05, 4.69) is 20.9 Å². The highest BCUT2D eigenvalue weighted by atomic mass is 79.9. The van der Waals surface area contributed by atoms with Crippen LogP contribution < -0.4 is 10.5 Å². The molecule has 2 rings (SSSR count). The number of methoxy groups -OCH3 is 1. The number of pyridine rings is 1. The Kier molecular flexibility index (Phi) is 4.56. The molecule has 0 bridgehead atoms. The van der Waals surface area contributed by atoms with Crippen LogP contribution in [-0.2, 0) is 6.42 Å². The first kappa shape index (κ1) is 14.0. The molecule has 1 atom stereocenters. The van der Waals surface area contributed by atoms with Gasteiger partial charge in [-0.05, 0) is 49.2 Å². The van der Waals surface area contributed by atoms with E-state index in [1.54, 1.807) is 7.11 Å². The number of ether oxygens (including phenoxy) is 1. The van der Waals surface area contributed by atoms with Crippen LogP contribution in [0, 0.1) is 6.92 Å². The maximum atomic E-state index is 6.23. The topological polar surface area (TPSA) is 48.1 Å². The fourth-order valence-electron chi connectivity index (χ4n) is 1.95. The highest BCUT2D eigenvalue weighted by Gasteiger charge is 2.11. The third-order valence-electron chi connectivity index (χ3n) is 2.98. The minimum atomic E-state index is -0.122. The van der Waals surface area contributed by atoms with Crippen LogP contribution in [0.15, 0.2) is 40.9 Å². The summed E-state index contributed by atoms with van der Waals surface area (Å²) in [4.78, 5) is 4.47. The van der Waals surface area contributed by atoms with Crippen molar-refractivity contribution in [2.75, 3.05) is 7.11 Å². The summed E-state index contributed by atoms with van der Waals surface area (Å²) in [6.07, 6.45) is 0.717. The van der Waals surface area contributed by atoms with Crippen LogP contribution in [0.5, 0.6) is 5.75 Å². The molecule has 0 amide bonds. The van der Waals surface area contributed by atoms with E-state index in [1.165, 1.54) is 0 Å². The summed E-state index contributed by atoms with van der Waals surface area (Å²) < 4.78 is 6.28. The number of rotatable bonds is 4. The van der Waals surface area contributed by atoms with Crippen molar-refractivity contribution in [3.05, 3.63) is 57.8 Å². The highest BCUT2D eigenvalue weighted by Crippen LogP contribution is 2.26. The van der Waals surface area contributed by atoms with Gasteiger partial charge in [0.2, 0.25) is 0 Å². The predicted molar refractivity (Wildman–Crippen MR) is 80.3 cm³/mol. The van der Waals surface area contributed by atoms with Gasteiger partial charge in [0.25, 0.3) is 0 Å². The largest absolute Gasteiger partial charge is 0.497 e. The molecule has 100 valence electrons. The number of aromatic nitrogens is 1. The van der Waals surface area contributed by atoms with E-state index in [-0.39, 0.29) is 6.04 Å². The molecule has 2 N–H and O–H groups in total. The molecule has 4 heteroatoms. The van der Waals surface area contributed by atoms with Gasteiger partial charge in [-0.25, -0.2) is 0 Å². The molecular formula is C15H17BrN2O. The third-order valence-corrected chi connectivity index (χ3v) is 3.76. The van der Waals surface area contributed by atoms with Crippen molar-refractivity contribution in [1.29, 1.82) is 0 Å². The zero-order chi connectivity index (χ0) is 13.8. The number of nitrogens with zero attached hydrogens (tertiary/aromatic N) is 1. The number of nitrogens with two attached hydrogens (primary N) is 1. The van der Waals surface area contributed by atoms with E-state index in [0.29, 0.717) is 6.42 Å². The van der Waals surface area contributed by atoms with Gasteiger partial charge in [-0.1, -0.05) is 22.0 Å². The second-order valence-electron chi connectivity index (χ2n) is 4.47. The van der Waals surface area contributed by atoms with Gasteiger partial charge in [0.15, 0.2) is 0 Å². The Bertz CT molecular complexity index is 572. The highest BCUT2D eigenvalue weighted by molar-refractivity contribution is 9.10. The molecular weight excluding hydrogens is 304 g/mol. The first-order chi connectivity index (χ1) is 9.10. The Morgan fingerprint density at radius 2 is 2.11 bits per heavy atom. The Morgan fingerprint density at radius 3 is 2.79 bits per heavy atom. The number of hydrogen-bond donors (Lipinski definition) is 1. The molecule has 0 aliphatic carbocycles. The summed E-state index contributed by atoms with van der Waals surface area (Å²) in [5.41, 5.74) is 9.25. The van der Waals surface area contributed by atoms with Crippen LogP contribution in [0.2, 0.25) is 0 Å². The van der Waals surface area contributed by atoms with Gasteiger partial charge in [-0.2, -0.15) is 0 Å². The maximum absolute atomic E-state index is 6.23. The zero-order valence-electron chi connectivity index (χ0n) is 11.1. The molecule has 0 fully saturated rings. The quantitative estimate of drug-likeness (QED) is 0.939. The first-order valence-corrected chi connectivity index (χ1v) is 6.91. The Balaban J connectivity index is 2.21. The summed E-state index contributed by atoms with van der Waals surface area (Å²) in [6.45, 7) is 1.97. The van der Waals surface area contributed by atoms with E-state index in [1.807, 2.05) is 43.3 Å². The normalized spacial score (nSPS) is 12.2. The lowest BCUT2D eigenvalue weighted by Gasteiger charge is -2.14. The van der Waals surface area contributed by atoms with E-state index in [4.69, 9.17) is 10.5 Å². The molecule has 1 unspecified atom stereocenters. The van der Waals surface area contributed by atoms with Crippen LogP contribution in [-0.4, -0.2) is 12.1 Å². The van der Waals surface area contributed by atoms with Crippen molar-refractivity contribution in [2.45, 2.75) is 19.4 Å². The fraction of sp³-hybridized carbons (Fsp3) is 0.267. The zero-order valence-corrected chi connectivity index (χ0v) is 12.6. The molecule has 0 aliphatic rings. The number of aryl methyl sites for hydroxylation is 1. The molecule has 0 saturated carbocycles. The average Bonchev–Trinajstić information content (AvgIpc) is 2.41. The Hall–Kier alpha value is -1.39. The molecule has 1 heterocycles.